The van der Waals surface area contributed by atoms with Gasteiger partial charge in [0.2, 0.25) is 0 Å². The molecule has 0 fully saturated rings. The molecule has 6 nitrogen and oxygen atoms in total. The van der Waals surface area contributed by atoms with E-state index in [2.05, 4.69) is 15.6 Å². The number of carbonyl (C=O) groups excluding carboxylic acids is 2. The summed E-state index contributed by atoms with van der Waals surface area (Å²) in [5.41, 5.74) is 1.21. The fourth-order valence-corrected chi connectivity index (χ4v) is 2.47. The third-order valence-electron chi connectivity index (χ3n) is 3.34. The van der Waals surface area contributed by atoms with Gasteiger partial charge in [-0.05, 0) is 42.7 Å². The first-order valence-corrected chi connectivity index (χ1v) is 8.65. The van der Waals surface area contributed by atoms with Crippen LogP contribution in [0.25, 0.3) is 0 Å². The minimum Gasteiger partial charge on any atom is -0.431 e. The zero-order valence-electron chi connectivity index (χ0n) is 13.4. The van der Waals surface area contributed by atoms with Gasteiger partial charge in [-0.3, -0.25) is 14.9 Å². The molecule has 25 heavy (non-hydrogen) atoms. The maximum Gasteiger partial charge on any atom is 0.302 e. The largest absolute Gasteiger partial charge is 0.431 e. The molecule has 2 amide bonds. The van der Waals surface area contributed by atoms with Crippen molar-refractivity contribution in [2.75, 3.05) is 16.9 Å². The molecule has 0 aliphatic carbocycles. The molecular formula is C18H15N3O3S. The third kappa shape index (κ3) is 4.27. The highest BCUT2D eigenvalue weighted by molar-refractivity contribution is 7.98. The molecule has 3 aromatic rings. The minimum absolute atomic E-state index is 0.0308. The van der Waals surface area contributed by atoms with Gasteiger partial charge in [-0.15, -0.1) is 11.8 Å². The van der Waals surface area contributed by atoms with Crippen LogP contribution in [0.2, 0.25) is 0 Å². The Kier molecular flexibility index (Phi) is 5.15. The molecule has 0 atom stereocenters. The number of anilines is 2. The number of aromatic nitrogens is 1. The lowest BCUT2D eigenvalue weighted by Gasteiger charge is -2.03. The van der Waals surface area contributed by atoms with E-state index in [9.17, 15) is 9.59 Å². The second kappa shape index (κ2) is 7.67. The van der Waals surface area contributed by atoms with E-state index < -0.39 is 5.91 Å². The molecule has 0 aliphatic heterocycles. The van der Waals surface area contributed by atoms with E-state index in [0.29, 0.717) is 11.3 Å². The molecule has 0 saturated carbocycles. The fourth-order valence-electron chi connectivity index (χ4n) is 2.06. The SMILES string of the molecule is CSc1ccc(NC(=O)c2coc(NC(=O)c3ccccc3)n2)cc1. The average Bonchev–Trinajstić information content (AvgIpc) is 3.12. The summed E-state index contributed by atoms with van der Waals surface area (Å²) in [6.07, 6.45) is 3.18. The van der Waals surface area contributed by atoms with Crippen LogP contribution in [-0.2, 0) is 0 Å². The van der Waals surface area contributed by atoms with E-state index >= 15 is 0 Å². The van der Waals surface area contributed by atoms with Crippen LogP contribution in [0.4, 0.5) is 11.7 Å². The van der Waals surface area contributed by atoms with Gasteiger partial charge in [0, 0.05) is 16.1 Å². The van der Waals surface area contributed by atoms with E-state index in [1.807, 2.05) is 36.6 Å². The van der Waals surface area contributed by atoms with Crippen molar-refractivity contribution in [3.05, 3.63) is 72.1 Å². The van der Waals surface area contributed by atoms with Crippen LogP contribution in [0.1, 0.15) is 20.8 Å². The number of benzene rings is 2. The van der Waals surface area contributed by atoms with Gasteiger partial charge in [-0.2, -0.15) is 4.98 Å². The van der Waals surface area contributed by atoms with E-state index in [0.717, 1.165) is 4.90 Å². The molecule has 1 aromatic heterocycles. The summed E-state index contributed by atoms with van der Waals surface area (Å²) >= 11 is 1.62. The van der Waals surface area contributed by atoms with E-state index in [4.69, 9.17) is 4.42 Å². The molecule has 1 heterocycles. The van der Waals surface area contributed by atoms with Crippen LogP contribution < -0.4 is 10.6 Å². The molecule has 0 bridgehead atoms. The summed E-state index contributed by atoms with van der Waals surface area (Å²) < 4.78 is 5.14. The third-order valence-corrected chi connectivity index (χ3v) is 4.08. The van der Waals surface area contributed by atoms with Crippen LogP contribution in [0.15, 0.2) is 70.2 Å². The van der Waals surface area contributed by atoms with Crippen LogP contribution in [0, 0.1) is 0 Å². The first kappa shape index (κ1) is 16.8. The van der Waals surface area contributed by atoms with Crippen LogP contribution in [0.3, 0.4) is 0 Å². The van der Waals surface area contributed by atoms with Crippen molar-refractivity contribution in [2.24, 2.45) is 0 Å². The Balaban J connectivity index is 1.64. The standard InChI is InChI=1S/C18H15N3O3S/c1-25-14-9-7-13(8-10-14)19-17(23)15-11-24-18(20-15)21-16(22)12-5-3-2-4-6-12/h2-11H,1H3,(H,19,23)(H,20,21,22). The van der Waals surface area contributed by atoms with Crippen molar-refractivity contribution in [1.29, 1.82) is 0 Å². The van der Waals surface area contributed by atoms with Crippen molar-refractivity contribution < 1.29 is 14.0 Å². The molecule has 0 saturated heterocycles. The number of hydrogen-bond donors (Lipinski definition) is 2. The first-order valence-electron chi connectivity index (χ1n) is 7.43. The number of carbonyl (C=O) groups is 2. The molecular weight excluding hydrogens is 338 g/mol. The Morgan fingerprint density at radius 3 is 2.36 bits per heavy atom. The number of nitrogens with one attached hydrogen (secondary N) is 2. The Hall–Kier alpha value is -3.06. The molecule has 2 N–H and O–H groups in total. The van der Waals surface area contributed by atoms with Gasteiger partial charge in [-0.25, -0.2) is 0 Å². The summed E-state index contributed by atoms with van der Waals surface area (Å²) in [7, 11) is 0. The number of rotatable bonds is 5. The number of oxazole rings is 1. The Bertz CT molecular complexity index is 876. The Morgan fingerprint density at radius 2 is 1.68 bits per heavy atom. The van der Waals surface area contributed by atoms with Crippen molar-refractivity contribution in [3.63, 3.8) is 0 Å². The van der Waals surface area contributed by atoms with Gasteiger partial charge in [0.25, 0.3) is 11.8 Å². The monoisotopic (exact) mass is 353 g/mol. The molecule has 7 heteroatoms. The van der Waals surface area contributed by atoms with Gasteiger partial charge in [0.05, 0.1) is 0 Å². The quantitative estimate of drug-likeness (QED) is 0.680. The van der Waals surface area contributed by atoms with Crippen LogP contribution >= 0.6 is 11.8 Å². The zero-order chi connectivity index (χ0) is 17.6. The van der Waals surface area contributed by atoms with Gasteiger partial charge in [0.15, 0.2) is 5.69 Å². The molecule has 0 aliphatic rings. The molecule has 126 valence electrons. The van der Waals surface area contributed by atoms with Crippen molar-refractivity contribution in [2.45, 2.75) is 4.90 Å². The lowest BCUT2D eigenvalue weighted by atomic mass is 10.2. The first-order chi connectivity index (χ1) is 12.2. The van der Waals surface area contributed by atoms with Crippen molar-refractivity contribution in [1.82, 2.24) is 4.98 Å². The summed E-state index contributed by atoms with van der Waals surface area (Å²) in [6, 6.07) is 16.1. The van der Waals surface area contributed by atoms with Crippen LogP contribution in [0.5, 0.6) is 0 Å². The van der Waals surface area contributed by atoms with E-state index in [-0.39, 0.29) is 17.6 Å². The number of thioether (sulfide) groups is 1. The highest BCUT2D eigenvalue weighted by atomic mass is 32.2. The van der Waals surface area contributed by atoms with Crippen molar-refractivity contribution in [3.8, 4) is 0 Å². The second-order valence-corrected chi connectivity index (χ2v) is 5.92. The van der Waals surface area contributed by atoms with Gasteiger partial charge >= 0.3 is 6.01 Å². The summed E-state index contributed by atoms with van der Waals surface area (Å²) in [4.78, 5) is 29.3. The smallest absolute Gasteiger partial charge is 0.302 e. The zero-order valence-corrected chi connectivity index (χ0v) is 14.2. The predicted molar refractivity (Wildman–Crippen MR) is 97.1 cm³/mol. The number of amides is 2. The number of nitrogens with zero attached hydrogens (tertiary/aromatic N) is 1. The van der Waals surface area contributed by atoms with Gasteiger partial charge < -0.3 is 9.73 Å². The highest BCUT2D eigenvalue weighted by Crippen LogP contribution is 2.18. The summed E-state index contributed by atoms with van der Waals surface area (Å²) in [5, 5.41) is 5.24. The fraction of sp³-hybridized carbons (Fsp3) is 0.0556. The summed E-state index contributed by atoms with van der Waals surface area (Å²) in [5.74, 6) is -0.775. The second-order valence-electron chi connectivity index (χ2n) is 5.04. The maximum absolute atomic E-state index is 12.2. The minimum atomic E-state index is -0.416. The highest BCUT2D eigenvalue weighted by Gasteiger charge is 2.15. The predicted octanol–water partition coefficient (Wildman–Crippen LogP) is 3.90. The molecule has 3 rings (SSSR count). The summed E-state index contributed by atoms with van der Waals surface area (Å²) in [6.45, 7) is 0. The molecule has 0 radical (unpaired) electrons. The molecule has 2 aromatic carbocycles. The Morgan fingerprint density at radius 1 is 0.960 bits per heavy atom. The van der Waals surface area contributed by atoms with E-state index in [1.165, 1.54) is 6.26 Å². The molecule has 0 unspecified atom stereocenters. The Labute approximate surface area is 148 Å². The van der Waals surface area contributed by atoms with Crippen LogP contribution in [-0.4, -0.2) is 23.1 Å². The topological polar surface area (TPSA) is 84.2 Å². The van der Waals surface area contributed by atoms with Gasteiger partial charge in [0.1, 0.15) is 6.26 Å². The van der Waals surface area contributed by atoms with Gasteiger partial charge in [-0.1, -0.05) is 18.2 Å². The van der Waals surface area contributed by atoms with E-state index in [1.54, 1.807) is 36.0 Å². The maximum atomic E-state index is 12.2. The number of hydrogen-bond acceptors (Lipinski definition) is 5. The average molecular weight is 353 g/mol. The lowest BCUT2D eigenvalue weighted by Crippen LogP contribution is -2.14. The van der Waals surface area contributed by atoms with Crippen molar-refractivity contribution >= 4 is 35.3 Å². The molecule has 0 spiro atoms. The lowest BCUT2D eigenvalue weighted by molar-refractivity contribution is 0.101. The normalized spacial score (nSPS) is 10.3.